The highest BCUT2D eigenvalue weighted by Crippen LogP contribution is 2.18. The summed E-state index contributed by atoms with van der Waals surface area (Å²) < 4.78 is 32.0. The molecule has 8 heteroatoms. The quantitative estimate of drug-likeness (QED) is 0.626. The summed E-state index contributed by atoms with van der Waals surface area (Å²) in [5, 5.41) is 3.96. The molecule has 0 atom stereocenters. The second kappa shape index (κ2) is 8.43. The number of benzene rings is 2. The Morgan fingerprint density at radius 3 is 2.63 bits per heavy atom. The molecule has 2 aromatic rings. The van der Waals surface area contributed by atoms with Gasteiger partial charge in [0.05, 0.1) is 24.3 Å². The Labute approximate surface area is 158 Å². The Kier molecular flexibility index (Phi) is 6.00. The Bertz CT molecular complexity index is 951. The van der Waals surface area contributed by atoms with E-state index in [1.54, 1.807) is 18.3 Å². The first-order valence-corrected chi connectivity index (χ1v) is 9.99. The second-order valence-corrected chi connectivity index (χ2v) is 8.04. The van der Waals surface area contributed by atoms with Crippen LogP contribution in [0, 0.1) is 6.92 Å². The highest BCUT2D eigenvalue weighted by atomic mass is 32.2. The lowest BCUT2D eigenvalue weighted by molar-refractivity contribution is 0.0730. The molecule has 0 bridgehead atoms. The van der Waals surface area contributed by atoms with E-state index < -0.39 is 15.9 Å². The highest BCUT2D eigenvalue weighted by Gasteiger charge is 2.26. The SMILES string of the molecule is Cc1ccccc1C=NNC(=O)c1cccc(S(=O)(=O)N2CCOCC2)c1. The molecule has 0 unspecified atom stereocenters. The molecule has 0 saturated carbocycles. The van der Waals surface area contributed by atoms with Gasteiger partial charge in [0.15, 0.2) is 0 Å². The van der Waals surface area contributed by atoms with Crippen molar-refractivity contribution < 1.29 is 17.9 Å². The number of ether oxygens (including phenoxy) is 1. The van der Waals surface area contributed by atoms with Gasteiger partial charge >= 0.3 is 0 Å². The lowest BCUT2D eigenvalue weighted by Gasteiger charge is -2.26. The maximum Gasteiger partial charge on any atom is 0.271 e. The third kappa shape index (κ3) is 4.60. The van der Waals surface area contributed by atoms with Gasteiger partial charge in [0, 0.05) is 18.7 Å². The smallest absolute Gasteiger partial charge is 0.271 e. The average Bonchev–Trinajstić information content (AvgIpc) is 2.70. The number of hydrazone groups is 1. The van der Waals surface area contributed by atoms with Crippen molar-refractivity contribution in [3.05, 3.63) is 65.2 Å². The molecule has 1 aliphatic heterocycles. The molecule has 0 spiro atoms. The largest absolute Gasteiger partial charge is 0.379 e. The van der Waals surface area contributed by atoms with Gasteiger partial charge in [-0.1, -0.05) is 30.3 Å². The van der Waals surface area contributed by atoms with Crippen molar-refractivity contribution in [2.75, 3.05) is 26.3 Å². The fourth-order valence-electron chi connectivity index (χ4n) is 2.69. The standard InChI is InChI=1S/C19H21N3O4S/c1-15-5-2-3-6-17(15)14-20-21-19(23)16-7-4-8-18(13-16)27(24,25)22-9-11-26-12-10-22/h2-8,13-14H,9-12H2,1H3,(H,21,23). The molecule has 2 aromatic carbocycles. The topological polar surface area (TPSA) is 88.1 Å². The molecule has 1 saturated heterocycles. The summed E-state index contributed by atoms with van der Waals surface area (Å²) in [6, 6.07) is 13.6. The van der Waals surface area contributed by atoms with Crippen LogP contribution in [-0.2, 0) is 14.8 Å². The Morgan fingerprint density at radius 2 is 1.89 bits per heavy atom. The fraction of sp³-hybridized carbons (Fsp3) is 0.263. The number of nitrogens with zero attached hydrogens (tertiary/aromatic N) is 2. The third-order valence-electron chi connectivity index (χ3n) is 4.26. The molecule has 1 aliphatic rings. The van der Waals surface area contributed by atoms with E-state index in [9.17, 15) is 13.2 Å². The van der Waals surface area contributed by atoms with E-state index >= 15 is 0 Å². The number of hydrogen-bond acceptors (Lipinski definition) is 5. The molecule has 1 heterocycles. The van der Waals surface area contributed by atoms with E-state index in [2.05, 4.69) is 10.5 Å². The average molecular weight is 387 g/mol. The molecule has 1 N–H and O–H groups in total. The van der Waals surface area contributed by atoms with E-state index in [0.29, 0.717) is 26.3 Å². The summed E-state index contributed by atoms with van der Waals surface area (Å²) in [7, 11) is -3.65. The Morgan fingerprint density at radius 1 is 1.15 bits per heavy atom. The normalized spacial score (nSPS) is 15.7. The first kappa shape index (κ1) is 19.2. The van der Waals surface area contributed by atoms with Gasteiger partial charge in [0.1, 0.15) is 0 Å². The number of sulfonamides is 1. The summed E-state index contributed by atoms with van der Waals surface area (Å²) in [5.41, 5.74) is 4.59. The molecular weight excluding hydrogens is 366 g/mol. The number of carbonyl (C=O) groups excluding carboxylic acids is 1. The van der Waals surface area contributed by atoms with E-state index in [-0.39, 0.29) is 10.5 Å². The lowest BCUT2D eigenvalue weighted by atomic mass is 10.1. The zero-order valence-corrected chi connectivity index (χ0v) is 15.8. The molecule has 27 heavy (non-hydrogen) atoms. The summed E-state index contributed by atoms with van der Waals surface area (Å²) in [6.45, 7) is 3.29. The van der Waals surface area contributed by atoms with E-state index in [4.69, 9.17) is 4.74 Å². The Balaban J connectivity index is 1.73. The van der Waals surface area contributed by atoms with Crippen molar-refractivity contribution >= 4 is 22.1 Å². The van der Waals surface area contributed by atoms with Crippen molar-refractivity contribution in [1.29, 1.82) is 0 Å². The van der Waals surface area contributed by atoms with Crippen molar-refractivity contribution in [2.45, 2.75) is 11.8 Å². The van der Waals surface area contributed by atoms with Crippen LogP contribution in [0.5, 0.6) is 0 Å². The van der Waals surface area contributed by atoms with Crippen LogP contribution in [0.4, 0.5) is 0 Å². The molecule has 1 fully saturated rings. The molecule has 1 amide bonds. The lowest BCUT2D eigenvalue weighted by Crippen LogP contribution is -2.40. The molecule has 0 radical (unpaired) electrons. The monoisotopic (exact) mass is 387 g/mol. The predicted octanol–water partition coefficient (Wildman–Crippen LogP) is 1.78. The maximum atomic E-state index is 12.7. The van der Waals surface area contributed by atoms with Gasteiger partial charge < -0.3 is 4.74 Å². The molecule has 0 aromatic heterocycles. The first-order valence-electron chi connectivity index (χ1n) is 8.55. The van der Waals surface area contributed by atoms with Crippen LogP contribution in [0.15, 0.2) is 58.5 Å². The maximum absolute atomic E-state index is 12.7. The van der Waals surface area contributed by atoms with Gasteiger partial charge in [0.2, 0.25) is 10.0 Å². The van der Waals surface area contributed by atoms with Crippen molar-refractivity contribution in [3.8, 4) is 0 Å². The molecule has 0 aliphatic carbocycles. The molecule has 7 nitrogen and oxygen atoms in total. The first-order chi connectivity index (χ1) is 13.0. The van der Waals surface area contributed by atoms with Crippen LogP contribution in [0.1, 0.15) is 21.5 Å². The minimum absolute atomic E-state index is 0.0833. The summed E-state index contributed by atoms with van der Waals surface area (Å²) in [5.74, 6) is -0.473. The van der Waals surface area contributed by atoms with Gasteiger partial charge in [-0.05, 0) is 36.2 Å². The number of rotatable bonds is 5. The van der Waals surface area contributed by atoms with Crippen molar-refractivity contribution in [1.82, 2.24) is 9.73 Å². The van der Waals surface area contributed by atoms with Crippen LogP contribution < -0.4 is 5.43 Å². The van der Waals surface area contributed by atoms with Gasteiger partial charge in [-0.25, -0.2) is 13.8 Å². The number of carbonyl (C=O) groups is 1. The molecule has 142 valence electrons. The predicted molar refractivity (Wildman–Crippen MR) is 102 cm³/mol. The summed E-state index contributed by atoms with van der Waals surface area (Å²) in [6.07, 6.45) is 1.56. The van der Waals surface area contributed by atoms with Crippen LogP contribution >= 0.6 is 0 Å². The summed E-state index contributed by atoms with van der Waals surface area (Å²) >= 11 is 0. The van der Waals surface area contributed by atoms with Crippen molar-refractivity contribution in [2.24, 2.45) is 5.10 Å². The highest BCUT2D eigenvalue weighted by molar-refractivity contribution is 7.89. The molecular formula is C19H21N3O4S. The van der Waals surface area contributed by atoms with Gasteiger partial charge in [-0.15, -0.1) is 0 Å². The van der Waals surface area contributed by atoms with Crippen LogP contribution in [0.25, 0.3) is 0 Å². The van der Waals surface area contributed by atoms with Crippen LogP contribution in [0.2, 0.25) is 0 Å². The number of nitrogens with one attached hydrogen (secondary N) is 1. The van der Waals surface area contributed by atoms with Crippen molar-refractivity contribution in [3.63, 3.8) is 0 Å². The third-order valence-corrected chi connectivity index (χ3v) is 6.16. The number of morpholine rings is 1. The summed E-state index contributed by atoms with van der Waals surface area (Å²) in [4.78, 5) is 12.4. The van der Waals surface area contributed by atoms with Gasteiger partial charge in [0.25, 0.3) is 5.91 Å². The van der Waals surface area contributed by atoms with E-state index in [1.807, 2.05) is 31.2 Å². The zero-order chi connectivity index (χ0) is 19.3. The van der Waals surface area contributed by atoms with Crippen LogP contribution in [0.3, 0.4) is 0 Å². The molecule has 3 rings (SSSR count). The van der Waals surface area contributed by atoms with E-state index in [0.717, 1.165) is 11.1 Å². The second-order valence-electron chi connectivity index (χ2n) is 6.10. The fourth-order valence-corrected chi connectivity index (χ4v) is 4.14. The minimum atomic E-state index is -3.65. The minimum Gasteiger partial charge on any atom is -0.379 e. The van der Waals surface area contributed by atoms with E-state index in [1.165, 1.54) is 16.4 Å². The van der Waals surface area contributed by atoms with Gasteiger partial charge in [-0.3, -0.25) is 4.79 Å². The Hall–Kier alpha value is -2.55. The van der Waals surface area contributed by atoms with Gasteiger partial charge in [-0.2, -0.15) is 9.41 Å². The van der Waals surface area contributed by atoms with Crippen LogP contribution in [-0.4, -0.2) is 51.1 Å². The number of amides is 1. The zero-order valence-electron chi connectivity index (χ0n) is 15.0. The number of aryl methyl sites for hydroxylation is 1. The number of hydrogen-bond donors (Lipinski definition) is 1.